The van der Waals surface area contributed by atoms with Crippen molar-refractivity contribution < 1.29 is 9.53 Å². The summed E-state index contributed by atoms with van der Waals surface area (Å²) < 4.78 is 7.27. The van der Waals surface area contributed by atoms with E-state index < -0.39 is 0 Å². The highest BCUT2D eigenvalue weighted by atomic mass is 16.5. The molecule has 1 atom stereocenters. The largest absolute Gasteiger partial charge is 0.370 e. The fourth-order valence-corrected chi connectivity index (χ4v) is 2.10. The molecule has 2 rings (SSSR count). The zero-order valence-electron chi connectivity index (χ0n) is 10.4. The van der Waals surface area contributed by atoms with Gasteiger partial charge in [-0.1, -0.05) is 0 Å². The van der Waals surface area contributed by atoms with Crippen molar-refractivity contribution in [2.24, 2.45) is 0 Å². The summed E-state index contributed by atoms with van der Waals surface area (Å²) in [4.78, 5) is 16.2. The first kappa shape index (κ1) is 12.2. The molecule has 1 fully saturated rings. The SMILES string of the molecule is CC(C)n1ncnc1CC(=O)C1CCCCO1. The van der Waals surface area contributed by atoms with Crippen LogP contribution in [0.15, 0.2) is 6.33 Å². The van der Waals surface area contributed by atoms with Crippen molar-refractivity contribution in [1.82, 2.24) is 14.8 Å². The maximum absolute atomic E-state index is 12.0. The first-order valence-corrected chi connectivity index (χ1v) is 6.21. The summed E-state index contributed by atoms with van der Waals surface area (Å²) in [5, 5.41) is 4.13. The van der Waals surface area contributed by atoms with Crippen LogP contribution in [0.3, 0.4) is 0 Å². The maximum Gasteiger partial charge on any atom is 0.169 e. The van der Waals surface area contributed by atoms with Gasteiger partial charge in [0.2, 0.25) is 0 Å². The van der Waals surface area contributed by atoms with Crippen LogP contribution in [0.1, 0.15) is 45.0 Å². The second kappa shape index (κ2) is 5.40. The molecule has 0 N–H and O–H groups in total. The van der Waals surface area contributed by atoms with Gasteiger partial charge in [0.1, 0.15) is 18.3 Å². The second-order valence-electron chi connectivity index (χ2n) is 4.71. The quantitative estimate of drug-likeness (QED) is 0.797. The molecule has 0 saturated carbocycles. The molecule has 1 saturated heterocycles. The molecule has 2 heterocycles. The van der Waals surface area contributed by atoms with Crippen molar-refractivity contribution in [1.29, 1.82) is 0 Å². The number of carbonyl (C=O) groups excluding carboxylic acids is 1. The number of hydrogen-bond acceptors (Lipinski definition) is 4. The van der Waals surface area contributed by atoms with Crippen LogP contribution in [0.25, 0.3) is 0 Å². The lowest BCUT2D eigenvalue weighted by Crippen LogP contribution is -2.30. The summed E-state index contributed by atoms with van der Waals surface area (Å²) in [6, 6.07) is 0.229. The molecule has 0 aliphatic carbocycles. The van der Waals surface area contributed by atoms with Crippen LogP contribution in [0.2, 0.25) is 0 Å². The van der Waals surface area contributed by atoms with Gasteiger partial charge in [0.15, 0.2) is 5.78 Å². The van der Waals surface area contributed by atoms with E-state index in [9.17, 15) is 4.79 Å². The standard InChI is InChI=1S/C12H19N3O2/c1-9(2)15-12(13-8-14-15)7-10(16)11-5-3-4-6-17-11/h8-9,11H,3-7H2,1-2H3. The van der Waals surface area contributed by atoms with Crippen molar-refractivity contribution in [3.05, 3.63) is 12.2 Å². The molecular formula is C12H19N3O2. The van der Waals surface area contributed by atoms with Gasteiger partial charge < -0.3 is 4.74 Å². The molecule has 0 spiro atoms. The van der Waals surface area contributed by atoms with Gasteiger partial charge >= 0.3 is 0 Å². The molecule has 0 aromatic carbocycles. The Labute approximate surface area is 101 Å². The van der Waals surface area contributed by atoms with Gasteiger partial charge in [0.05, 0.1) is 6.42 Å². The van der Waals surface area contributed by atoms with Crippen LogP contribution < -0.4 is 0 Å². The van der Waals surface area contributed by atoms with E-state index in [4.69, 9.17) is 4.74 Å². The van der Waals surface area contributed by atoms with Crippen LogP contribution >= 0.6 is 0 Å². The molecule has 1 aromatic rings. The summed E-state index contributed by atoms with van der Waals surface area (Å²) in [5.74, 6) is 0.860. The normalized spacial score (nSPS) is 20.8. The first-order valence-electron chi connectivity index (χ1n) is 6.21. The van der Waals surface area contributed by atoms with Gasteiger partial charge in [0, 0.05) is 12.6 Å². The minimum atomic E-state index is -0.235. The van der Waals surface area contributed by atoms with Gasteiger partial charge in [0.25, 0.3) is 0 Å². The zero-order valence-corrected chi connectivity index (χ0v) is 10.4. The zero-order chi connectivity index (χ0) is 12.3. The van der Waals surface area contributed by atoms with Crippen molar-refractivity contribution in [3.63, 3.8) is 0 Å². The molecule has 0 bridgehead atoms. The van der Waals surface area contributed by atoms with Gasteiger partial charge in [-0.25, -0.2) is 9.67 Å². The van der Waals surface area contributed by atoms with Gasteiger partial charge in [-0.3, -0.25) is 4.79 Å². The average Bonchev–Trinajstić information content (AvgIpc) is 2.78. The van der Waals surface area contributed by atoms with E-state index in [1.165, 1.54) is 6.33 Å². The number of carbonyl (C=O) groups is 1. The maximum atomic E-state index is 12.0. The highest BCUT2D eigenvalue weighted by Crippen LogP contribution is 2.15. The summed E-state index contributed by atoms with van der Waals surface area (Å²) >= 11 is 0. The molecule has 5 nitrogen and oxygen atoms in total. The minimum Gasteiger partial charge on any atom is -0.370 e. The van der Waals surface area contributed by atoms with Gasteiger partial charge in [-0.15, -0.1) is 0 Å². The fourth-order valence-electron chi connectivity index (χ4n) is 2.10. The number of ketones is 1. The van der Waals surface area contributed by atoms with E-state index in [-0.39, 0.29) is 17.9 Å². The number of nitrogens with zero attached hydrogens (tertiary/aromatic N) is 3. The van der Waals surface area contributed by atoms with E-state index in [2.05, 4.69) is 10.1 Å². The third-order valence-corrected chi connectivity index (χ3v) is 3.01. The third-order valence-electron chi connectivity index (χ3n) is 3.01. The number of Topliss-reactive ketones (excluding diaryl/α,β-unsaturated/α-hetero) is 1. The number of hydrogen-bond donors (Lipinski definition) is 0. The lowest BCUT2D eigenvalue weighted by Gasteiger charge is -2.21. The Morgan fingerprint density at radius 1 is 1.59 bits per heavy atom. The Morgan fingerprint density at radius 3 is 3.06 bits per heavy atom. The topological polar surface area (TPSA) is 57.0 Å². The fraction of sp³-hybridized carbons (Fsp3) is 0.750. The molecule has 1 aliphatic rings. The van der Waals surface area contributed by atoms with Crippen LogP contribution in [0.5, 0.6) is 0 Å². The molecule has 1 aliphatic heterocycles. The minimum absolute atomic E-state index is 0.125. The van der Waals surface area contributed by atoms with Crippen LogP contribution in [0.4, 0.5) is 0 Å². The molecule has 0 radical (unpaired) electrons. The van der Waals surface area contributed by atoms with Crippen molar-refractivity contribution in [3.8, 4) is 0 Å². The van der Waals surface area contributed by atoms with E-state index in [0.717, 1.165) is 25.1 Å². The molecular weight excluding hydrogens is 218 g/mol. The number of rotatable bonds is 4. The number of ether oxygens (including phenoxy) is 1. The number of aromatic nitrogens is 3. The first-order chi connectivity index (χ1) is 8.18. The summed E-state index contributed by atoms with van der Waals surface area (Å²) in [6.45, 7) is 4.76. The van der Waals surface area contributed by atoms with Gasteiger partial charge in [-0.2, -0.15) is 5.10 Å². The lowest BCUT2D eigenvalue weighted by molar-refractivity contribution is -0.132. The van der Waals surface area contributed by atoms with E-state index in [1.807, 2.05) is 13.8 Å². The molecule has 1 aromatic heterocycles. The Balaban J connectivity index is 1.99. The smallest absolute Gasteiger partial charge is 0.169 e. The van der Waals surface area contributed by atoms with Gasteiger partial charge in [-0.05, 0) is 33.1 Å². The third kappa shape index (κ3) is 2.91. The van der Waals surface area contributed by atoms with Crippen molar-refractivity contribution >= 4 is 5.78 Å². The predicted octanol–water partition coefficient (Wildman–Crippen LogP) is 1.54. The van der Waals surface area contributed by atoms with Crippen LogP contribution in [0, 0.1) is 0 Å². The Morgan fingerprint density at radius 2 is 2.41 bits per heavy atom. The molecule has 94 valence electrons. The Hall–Kier alpha value is -1.23. The van der Waals surface area contributed by atoms with Crippen LogP contribution in [-0.2, 0) is 16.0 Å². The second-order valence-corrected chi connectivity index (χ2v) is 4.71. The van der Waals surface area contributed by atoms with Crippen LogP contribution in [-0.4, -0.2) is 33.3 Å². The van der Waals surface area contributed by atoms with Crippen molar-refractivity contribution in [2.75, 3.05) is 6.61 Å². The Kier molecular flexibility index (Phi) is 3.89. The van der Waals surface area contributed by atoms with E-state index in [1.54, 1.807) is 4.68 Å². The summed E-state index contributed by atoms with van der Waals surface area (Å²) in [6.07, 6.45) is 4.57. The summed E-state index contributed by atoms with van der Waals surface area (Å²) in [7, 11) is 0. The van der Waals surface area contributed by atoms with Crippen molar-refractivity contribution in [2.45, 2.75) is 51.7 Å². The van der Waals surface area contributed by atoms with E-state index >= 15 is 0 Å². The highest BCUT2D eigenvalue weighted by Gasteiger charge is 2.23. The lowest BCUT2D eigenvalue weighted by atomic mass is 10.0. The molecule has 17 heavy (non-hydrogen) atoms. The monoisotopic (exact) mass is 237 g/mol. The Bertz CT molecular complexity index is 381. The molecule has 5 heteroatoms. The van der Waals surface area contributed by atoms with E-state index in [0.29, 0.717) is 13.0 Å². The molecule has 0 amide bonds. The molecule has 1 unspecified atom stereocenters. The summed E-state index contributed by atoms with van der Waals surface area (Å²) in [5.41, 5.74) is 0. The average molecular weight is 237 g/mol. The highest BCUT2D eigenvalue weighted by molar-refractivity contribution is 5.84. The predicted molar refractivity (Wildman–Crippen MR) is 62.7 cm³/mol.